The Kier molecular flexibility index (Phi) is 11.6. The fraction of sp³-hybridized carbons (Fsp3) is 0.704. The van der Waals surface area contributed by atoms with E-state index in [1.807, 2.05) is 0 Å². The first-order chi connectivity index (χ1) is 17.0. The first-order valence-corrected chi connectivity index (χ1v) is 13.1. The van der Waals surface area contributed by atoms with Gasteiger partial charge in [-0.3, -0.25) is 15.0 Å². The molecule has 36 heavy (non-hydrogen) atoms. The number of carbonyl (C=O) groups excluding carboxylic acids is 1. The second-order valence-electron chi connectivity index (χ2n) is 10.9. The molecule has 1 amide bonds. The van der Waals surface area contributed by atoms with Crippen molar-refractivity contribution in [2.24, 2.45) is 0 Å². The van der Waals surface area contributed by atoms with Crippen LogP contribution in [0.5, 0.6) is 0 Å². The summed E-state index contributed by atoms with van der Waals surface area (Å²) in [5.41, 5.74) is -0.249. The molecule has 2 fully saturated rings. The van der Waals surface area contributed by atoms with Crippen molar-refractivity contribution in [3.8, 4) is 0 Å². The average molecular weight is 506 g/mol. The Hall–Kier alpha value is -2.68. The summed E-state index contributed by atoms with van der Waals surface area (Å²) in [5, 5.41) is 23.8. The molecule has 0 aromatic heterocycles. The minimum atomic E-state index is -1.18. The van der Waals surface area contributed by atoms with E-state index in [1.165, 1.54) is 95.5 Å². The van der Waals surface area contributed by atoms with Crippen LogP contribution < -0.4 is 5.32 Å². The molecule has 2 saturated carbocycles. The lowest BCUT2D eigenvalue weighted by Crippen LogP contribution is -2.46. The van der Waals surface area contributed by atoms with Crippen LogP contribution in [0, 0.1) is 10.1 Å². The average Bonchev–Trinajstić information content (AvgIpc) is 2.83. The largest absolute Gasteiger partial charge is 0.480 e. The first-order valence-electron chi connectivity index (χ1n) is 13.1. The number of carboxylic acid groups (broad SMARTS) is 1. The molecule has 3 rings (SSSR count). The second kappa shape index (κ2) is 14.2. The van der Waals surface area contributed by atoms with Gasteiger partial charge in [0, 0.05) is 37.7 Å². The zero-order valence-corrected chi connectivity index (χ0v) is 22.2. The molecule has 1 aromatic rings. The lowest BCUT2D eigenvalue weighted by molar-refractivity contribution is -0.384. The van der Waals surface area contributed by atoms with Gasteiger partial charge >= 0.3 is 12.1 Å². The minimum Gasteiger partial charge on any atom is -0.480 e. The van der Waals surface area contributed by atoms with Crippen molar-refractivity contribution in [2.75, 3.05) is 7.05 Å². The zero-order valence-electron chi connectivity index (χ0n) is 22.2. The molecule has 0 saturated heterocycles. The Bertz CT molecular complexity index is 824. The number of carboxylic acids is 1. The highest BCUT2D eigenvalue weighted by Gasteiger charge is 2.30. The normalized spacial score (nSPS) is 17.9. The van der Waals surface area contributed by atoms with Crippen LogP contribution >= 0.6 is 0 Å². The Balaban J connectivity index is 0.000000293. The first kappa shape index (κ1) is 29.5. The number of hydrogen-bond donors (Lipinski definition) is 2. The van der Waals surface area contributed by atoms with Crippen LogP contribution in [0.15, 0.2) is 24.3 Å². The number of nitro groups is 1. The van der Waals surface area contributed by atoms with Gasteiger partial charge in [-0.1, -0.05) is 50.7 Å². The summed E-state index contributed by atoms with van der Waals surface area (Å²) in [6, 6.07) is 6.14. The number of likely N-dealkylation sites (N-methyl/N-ethyl adjacent to an activating group) is 1. The lowest BCUT2D eigenvalue weighted by Gasteiger charge is -2.30. The van der Waals surface area contributed by atoms with Gasteiger partial charge in [-0.25, -0.2) is 9.59 Å². The van der Waals surface area contributed by atoms with Crippen LogP contribution in [-0.2, 0) is 16.0 Å². The molecule has 202 valence electrons. The van der Waals surface area contributed by atoms with Gasteiger partial charge in [0.1, 0.15) is 11.6 Å². The lowest BCUT2D eigenvalue weighted by atomic mass is 9.91. The Morgan fingerprint density at radius 1 is 1.03 bits per heavy atom. The van der Waals surface area contributed by atoms with Gasteiger partial charge in [-0.05, 0) is 52.0 Å². The molecule has 0 bridgehead atoms. The van der Waals surface area contributed by atoms with Gasteiger partial charge in [0.2, 0.25) is 0 Å². The SMILES string of the molecule is C1CCC(NC2CCCCC2)CC1.CN(C(=O)OC(C)(C)C)C(Cc1ccc([N+](=O)[O-])cc1)C(=O)O. The number of amides is 1. The number of benzene rings is 1. The maximum atomic E-state index is 12.0. The number of nitrogens with zero attached hydrogens (tertiary/aromatic N) is 2. The van der Waals surface area contributed by atoms with Crippen molar-refractivity contribution in [1.29, 1.82) is 0 Å². The van der Waals surface area contributed by atoms with E-state index >= 15 is 0 Å². The van der Waals surface area contributed by atoms with Crippen LogP contribution in [0.3, 0.4) is 0 Å². The fourth-order valence-electron chi connectivity index (χ4n) is 4.70. The van der Waals surface area contributed by atoms with Crippen molar-refractivity contribution < 1.29 is 24.4 Å². The number of non-ortho nitro benzene ring substituents is 1. The maximum Gasteiger partial charge on any atom is 0.410 e. The summed E-state index contributed by atoms with van der Waals surface area (Å²) >= 11 is 0. The highest BCUT2D eigenvalue weighted by Crippen LogP contribution is 2.22. The summed E-state index contributed by atoms with van der Waals surface area (Å²) < 4.78 is 5.15. The summed E-state index contributed by atoms with van der Waals surface area (Å²) in [6.07, 6.45) is 13.8. The highest BCUT2D eigenvalue weighted by molar-refractivity contribution is 5.80. The number of ether oxygens (including phenoxy) is 1. The van der Waals surface area contributed by atoms with Crippen LogP contribution in [0.4, 0.5) is 10.5 Å². The Morgan fingerprint density at radius 3 is 1.89 bits per heavy atom. The van der Waals surface area contributed by atoms with Gasteiger partial charge in [-0.2, -0.15) is 0 Å². The van der Waals surface area contributed by atoms with Crippen LogP contribution in [0.2, 0.25) is 0 Å². The molecule has 9 nitrogen and oxygen atoms in total. The predicted octanol–water partition coefficient (Wildman–Crippen LogP) is 5.70. The van der Waals surface area contributed by atoms with E-state index in [1.54, 1.807) is 20.8 Å². The van der Waals surface area contributed by atoms with Crippen molar-refractivity contribution in [3.05, 3.63) is 39.9 Å². The summed E-state index contributed by atoms with van der Waals surface area (Å²) in [7, 11) is 1.35. The third-order valence-electron chi connectivity index (χ3n) is 6.69. The molecule has 2 aliphatic carbocycles. The number of carbonyl (C=O) groups is 2. The molecule has 1 atom stereocenters. The summed E-state index contributed by atoms with van der Waals surface area (Å²) in [6.45, 7) is 5.06. The van der Waals surface area contributed by atoms with E-state index in [0.29, 0.717) is 5.56 Å². The molecular weight excluding hydrogens is 462 g/mol. The number of hydrogen-bond acceptors (Lipinski definition) is 6. The van der Waals surface area contributed by atoms with Gasteiger partial charge < -0.3 is 15.2 Å². The quantitative estimate of drug-likeness (QED) is 0.360. The standard InChI is InChI=1S/C15H20N2O6.C12H23N/c1-15(2,3)23-14(20)16(4)12(13(18)19)9-10-5-7-11(8-6-10)17(21)22;1-3-7-11(8-4-1)13-12-9-5-2-6-10-12/h5-8,12H,9H2,1-4H3,(H,18,19);11-13H,1-10H2. The van der Waals surface area contributed by atoms with Gasteiger partial charge in [0.15, 0.2) is 0 Å². The fourth-order valence-corrected chi connectivity index (χ4v) is 4.70. The molecule has 1 aromatic carbocycles. The summed E-state index contributed by atoms with van der Waals surface area (Å²) in [5.74, 6) is -1.18. The second-order valence-corrected chi connectivity index (χ2v) is 10.9. The number of rotatable bonds is 7. The smallest absolute Gasteiger partial charge is 0.410 e. The predicted molar refractivity (Wildman–Crippen MR) is 139 cm³/mol. The molecule has 0 heterocycles. The molecular formula is C27H43N3O6. The van der Waals surface area contributed by atoms with E-state index in [-0.39, 0.29) is 12.1 Å². The molecule has 0 spiro atoms. The molecule has 0 aliphatic heterocycles. The maximum absolute atomic E-state index is 12.0. The number of aliphatic carboxylic acids is 1. The molecule has 9 heteroatoms. The van der Waals surface area contributed by atoms with Gasteiger partial charge in [0.05, 0.1) is 4.92 Å². The van der Waals surface area contributed by atoms with Crippen LogP contribution in [0.1, 0.15) is 90.5 Å². The van der Waals surface area contributed by atoms with E-state index < -0.39 is 28.6 Å². The summed E-state index contributed by atoms with van der Waals surface area (Å²) in [4.78, 5) is 34.5. The Labute approximate surface area is 214 Å². The van der Waals surface area contributed by atoms with E-state index in [0.717, 1.165) is 17.0 Å². The van der Waals surface area contributed by atoms with Crippen molar-refractivity contribution in [1.82, 2.24) is 10.2 Å². The number of nitrogens with one attached hydrogen (secondary N) is 1. The van der Waals surface area contributed by atoms with Gasteiger partial charge in [-0.15, -0.1) is 0 Å². The van der Waals surface area contributed by atoms with Crippen molar-refractivity contribution in [2.45, 2.75) is 115 Å². The van der Waals surface area contributed by atoms with E-state index in [2.05, 4.69) is 5.32 Å². The minimum absolute atomic E-state index is 0.0169. The topological polar surface area (TPSA) is 122 Å². The number of nitro benzene ring substituents is 1. The van der Waals surface area contributed by atoms with Crippen molar-refractivity contribution >= 4 is 17.7 Å². The van der Waals surface area contributed by atoms with Gasteiger partial charge in [0.25, 0.3) is 5.69 Å². The monoisotopic (exact) mass is 505 g/mol. The van der Waals surface area contributed by atoms with Crippen LogP contribution in [-0.4, -0.2) is 57.8 Å². The van der Waals surface area contributed by atoms with Crippen LogP contribution in [0.25, 0.3) is 0 Å². The Morgan fingerprint density at radius 2 is 1.50 bits per heavy atom. The molecule has 1 unspecified atom stereocenters. The molecule has 0 radical (unpaired) electrons. The third kappa shape index (κ3) is 10.5. The molecule has 2 aliphatic rings. The van der Waals surface area contributed by atoms with E-state index in [9.17, 15) is 24.8 Å². The third-order valence-corrected chi connectivity index (χ3v) is 6.69. The van der Waals surface area contributed by atoms with Crippen molar-refractivity contribution in [3.63, 3.8) is 0 Å². The molecule has 2 N–H and O–H groups in total. The van der Waals surface area contributed by atoms with E-state index in [4.69, 9.17) is 4.74 Å². The highest BCUT2D eigenvalue weighted by atomic mass is 16.6. The zero-order chi connectivity index (χ0) is 26.7.